The molecule has 25 heavy (non-hydrogen) atoms. The average molecular weight is 343 g/mol. The zero-order valence-electron chi connectivity index (χ0n) is 14.4. The Morgan fingerprint density at radius 1 is 1.04 bits per heavy atom. The quantitative estimate of drug-likeness (QED) is 0.782. The van der Waals surface area contributed by atoms with Gasteiger partial charge in [0.05, 0.1) is 25.0 Å². The fourth-order valence-corrected chi connectivity index (χ4v) is 2.17. The zero-order valence-corrected chi connectivity index (χ0v) is 14.4. The number of anilines is 1. The van der Waals surface area contributed by atoms with Crippen molar-refractivity contribution in [2.75, 3.05) is 19.5 Å². The van der Waals surface area contributed by atoms with Crippen LogP contribution in [-0.4, -0.2) is 32.2 Å². The topological polar surface area (TPSA) is 73.9 Å². The monoisotopic (exact) mass is 343 g/mol. The highest BCUT2D eigenvalue weighted by Gasteiger charge is 2.20. The maximum absolute atomic E-state index is 12.2. The Bertz CT molecular complexity index is 727. The van der Waals surface area contributed by atoms with Crippen LogP contribution in [0.2, 0.25) is 0 Å². The molecule has 0 saturated heterocycles. The van der Waals surface area contributed by atoms with Crippen LogP contribution in [0.4, 0.5) is 5.69 Å². The van der Waals surface area contributed by atoms with Crippen LogP contribution >= 0.6 is 0 Å². The van der Waals surface area contributed by atoms with Gasteiger partial charge in [-0.15, -0.1) is 0 Å². The van der Waals surface area contributed by atoms with Crippen molar-refractivity contribution in [1.29, 1.82) is 0 Å². The van der Waals surface area contributed by atoms with E-state index >= 15 is 0 Å². The van der Waals surface area contributed by atoms with Gasteiger partial charge in [0, 0.05) is 7.11 Å². The summed E-state index contributed by atoms with van der Waals surface area (Å²) in [6.45, 7) is 1.98. The lowest BCUT2D eigenvalue weighted by atomic mass is 10.1. The second kappa shape index (κ2) is 8.84. The van der Waals surface area contributed by atoms with Crippen LogP contribution in [0.1, 0.15) is 22.8 Å². The van der Waals surface area contributed by atoms with Crippen molar-refractivity contribution in [2.24, 2.45) is 0 Å². The van der Waals surface area contributed by atoms with Crippen LogP contribution in [0.15, 0.2) is 48.5 Å². The number of amides is 1. The summed E-state index contributed by atoms with van der Waals surface area (Å²) in [5.41, 5.74) is 1.83. The van der Waals surface area contributed by atoms with Crippen molar-refractivity contribution in [1.82, 2.24) is 0 Å². The summed E-state index contributed by atoms with van der Waals surface area (Å²) in [5, 5.41) is 2.69. The molecule has 1 N–H and O–H groups in total. The number of rotatable bonds is 7. The number of hydrogen-bond acceptors (Lipinski definition) is 5. The standard InChI is InChI=1S/C19H21NO5/c1-13(18(21)20-16-6-4-5-7-17(16)24-3)25-19(22)15-10-8-14(9-11-15)12-23-2/h4-11,13H,12H2,1-3H3,(H,20,21)/t13-/m1/s1. The van der Waals surface area contributed by atoms with Gasteiger partial charge in [0.25, 0.3) is 5.91 Å². The van der Waals surface area contributed by atoms with Gasteiger partial charge in [-0.25, -0.2) is 4.79 Å². The van der Waals surface area contributed by atoms with E-state index in [1.54, 1.807) is 55.6 Å². The number of ether oxygens (including phenoxy) is 3. The molecule has 0 aliphatic rings. The van der Waals surface area contributed by atoms with Gasteiger partial charge in [0.1, 0.15) is 5.75 Å². The number of carbonyl (C=O) groups excluding carboxylic acids is 2. The SMILES string of the molecule is COCc1ccc(C(=O)O[C@H](C)C(=O)Nc2ccccc2OC)cc1. The second-order valence-corrected chi connectivity index (χ2v) is 5.37. The van der Waals surface area contributed by atoms with E-state index in [1.807, 2.05) is 0 Å². The predicted octanol–water partition coefficient (Wildman–Crippen LogP) is 3.03. The molecule has 1 atom stereocenters. The number of hydrogen-bond donors (Lipinski definition) is 1. The first-order chi connectivity index (χ1) is 12.0. The summed E-state index contributed by atoms with van der Waals surface area (Å²) in [4.78, 5) is 24.4. The van der Waals surface area contributed by atoms with Crippen LogP contribution < -0.4 is 10.1 Å². The van der Waals surface area contributed by atoms with Gasteiger partial charge in [-0.2, -0.15) is 0 Å². The van der Waals surface area contributed by atoms with Crippen molar-refractivity contribution in [3.05, 3.63) is 59.7 Å². The first kappa shape index (κ1) is 18.5. The smallest absolute Gasteiger partial charge is 0.338 e. The summed E-state index contributed by atoms with van der Waals surface area (Å²) in [6, 6.07) is 13.8. The minimum absolute atomic E-state index is 0.372. The predicted molar refractivity (Wildman–Crippen MR) is 93.7 cm³/mol. The van der Waals surface area contributed by atoms with E-state index in [0.717, 1.165) is 5.56 Å². The van der Waals surface area contributed by atoms with Crippen LogP contribution in [0, 0.1) is 0 Å². The van der Waals surface area contributed by atoms with E-state index in [-0.39, 0.29) is 0 Å². The number of nitrogens with one attached hydrogen (secondary N) is 1. The molecular weight excluding hydrogens is 322 g/mol. The molecule has 0 fully saturated rings. The number of carbonyl (C=O) groups is 2. The maximum Gasteiger partial charge on any atom is 0.338 e. The highest BCUT2D eigenvalue weighted by Crippen LogP contribution is 2.23. The van der Waals surface area contributed by atoms with Gasteiger partial charge in [-0.3, -0.25) is 4.79 Å². The van der Waals surface area contributed by atoms with Crippen LogP contribution in [-0.2, 0) is 20.9 Å². The lowest BCUT2D eigenvalue weighted by molar-refractivity contribution is -0.123. The molecule has 6 heteroatoms. The van der Waals surface area contributed by atoms with Gasteiger partial charge >= 0.3 is 5.97 Å². The second-order valence-electron chi connectivity index (χ2n) is 5.37. The largest absolute Gasteiger partial charge is 0.495 e. The lowest BCUT2D eigenvalue weighted by Gasteiger charge is -2.15. The Kier molecular flexibility index (Phi) is 6.54. The molecule has 1 amide bonds. The van der Waals surface area contributed by atoms with Crippen molar-refractivity contribution >= 4 is 17.6 Å². The molecule has 2 rings (SSSR count). The molecule has 0 saturated carbocycles. The van der Waals surface area contributed by atoms with Crippen molar-refractivity contribution < 1.29 is 23.8 Å². The van der Waals surface area contributed by atoms with E-state index in [0.29, 0.717) is 23.6 Å². The molecule has 0 radical (unpaired) electrons. The van der Waals surface area contributed by atoms with Crippen LogP contribution in [0.25, 0.3) is 0 Å². The third-order valence-electron chi connectivity index (χ3n) is 3.52. The first-order valence-electron chi connectivity index (χ1n) is 7.78. The Morgan fingerprint density at radius 3 is 2.36 bits per heavy atom. The third kappa shape index (κ3) is 5.06. The summed E-state index contributed by atoms with van der Waals surface area (Å²) >= 11 is 0. The molecule has 0 aromatic heterocycles. The first-order valence-corrected chi connectivity index (χ1v) is 7.78. The Balaban J connectivity index is 1.97. The molecule has 0 aliphatic carbocycles. The minimum atomic E-state index is -0.948. The molecule has 0 aliphatic heterocycles. The molecule has 2 aromatic rings. The van der Waals surface area contributed by atoms with Crippen LogP contribution in [0.3, 0.4) is 0 Å². The summed E-state index contributed by atoms with van der Waals surface area (Å²) in [7, 11) is 3.12. The molecular formula is C19H21NO5. The van der Waals surface area contributed by atoms with Gasteiger partial charge < -0.3 is 19.5 Å². The van der Waals surface area contributed by atoms with E-state index in [2.05, 4.69) is 5.32 Å². The zero-order chi connectivity index (χ0) is 18.2. The van der Waals surface area contributed by atoms with Gasteiger partial charge in [-0.1, -0.05) is 24.3 Å². The van der Waals surface area contributed by atoms with Crippen molar-refractivity contribution in [2.45, 2.75) is 19.6 Å². The van der Waals surface area contributed by atoms with Crippen LogP contribution in [0.5, 0.6) is 5.75 Å². The van der Waals surface area contributed by atoms with Crippen molar-refractivity contribution in [3.63, 3.8) is 0 Å². The van der Waals surface area contributed by atoms with Gasteiger partial charge in [0.15, 0.2) is 6.10 Å². The van der Waals surface area contributed by atoms with E-state index in [4.69, 9.17) is 14.2 Å². The molecule has 2 aromatic carbocycles. The number of para-hydroxylation sites is 2. The molecule has 0 spiro atoms. The average Bonchev–Trinajstić information content (AvgIpc) is 2.63. The Hall–Kier alpha value is -2.86. The fraction of sp³-hybridized carbons (Fsp3) is 0.263. The number of esters is 1. The molecule has 0 heterocycles. The van der Waals surface area contributed by atoms with E-state index in [9.17, 15) is 9.59 Å². The molecule has 0 unspecified atom stereocenters. The molecule has 6 nitrogen and oxygen atoms in total. The number of benzene rings is 2. The summed E-state index contributed by atoms with van der Waals surface area (Å²) < 4.78 is 15.4. The highest BCUT2D eigenvalue weighted by atomic mass is 16.5. The minimum Gasteiger partial charge on any atom is -0.495 e. The summed E-state index contributed by atoms with van der Waals surface area (Å²) in [6.07, 6.45) is -0.948. The summed E-state index contributed by atoms with van der Waals surface area (Å²) in [5.74, 6) is -0.469. The third-order valence-corrected chi connectivity index (χ3v) is 3.52. The maximum atomic E-state index is 12.2. The Labute approximate surface area is 146 Å². The number of methoxy groups -OCH3 is 2. The Morgan fingerprint density at radius 2 is 1.72 bits per heavy atom. The highest BCUT2D eigenvalue weighted by molar-refractivity contribution is 5.98. The van der Waals surface area contributed by atoms with E-state index < -0.39 is 18.0 Å². The van der Waals surface area contributed by atoms with E-state index in [1.165, 1.54) is 14.0 Å². The normalized spacial score (nSPS) is 11.5. The van der Waals surface area contributed by atoms with Crippen molar-refractivity contribution in [3.8, 4) is 5.75 Å². The molecule has 132 valence electrons. The van der Waals surface area contributed by atoms with Gasteiger partial charge in [0.2, 0.25) is 0 Å². The molecule has 0 bridgehead atoms. The lowest BCUT2D eigenvalue weighted by Crippen LogP contribution is -2.30. The van der Waals surface area contributed by atoms with Gasteiger partial charge in [-0.05, 0) is 36.8 Å². The fourth-order valence-electron chi connectivity index (χ4n) is 2.17.